The minimum absolute atomic E-state index is 0.429. The van der Waals surface area contributed by atoms with Gasteiger partial charge in [0.25, 0.3) is 0 Å². The van der Waals surface area contributed by atoms with Gasteiger partial charge in [-0.1, -0.05) is 22.0 Å². The van der Waals surface area contributed by atoms with E-state index in [2.05, 4.69) is 15.9 Å². The number of Topliss-reactive ketones (excluding diaryl/α,β-unsaturated/α-hetero) is 1. The molecule has 0 bridgehead atoms. The van der Waals surface area contributed by atoms with E-state index < -0.39 is 39.5 Å². The molecule has 1 atom stereocenters. The molecule has 1 unspecified atom stereocenters. The molecule has 104 valence electrons. The van der Waals surface area contributed by atoms with Gasteiger partial charge in [-0.2, -0.15) is 0 Å². The van der Waals surface area contributed by atoms with Gasteiger partial charge in [0.05, 0.1) is 22.1 Å². The minimum Gasteiger partial charge on any atom is -0.293 e. The molecule has 0 spiro atoms. The molecule has 0 saturated carbocycles. The first kappa shape index (κ1) is 15.0. The Balaban J connectivity index is 2.20. The first-order chi connectivity index (χ1) is 9.49. The molecule has 0 N–H and O–H groups in total. The lowest BCUT2D eigenvalue weighted by atomic mass is 10.1. The van der Waals surface area contributed by atoms with Crippen LogP contribution in [-0.4, -0.2) is 15.7 Å². The van der Waals surface area contributed by atoms with Crippen molar-refractivity contribution in [3.63, 3.8) is 0 Å². The van der Waals surface area contributed by atoms with Crippen LogP contribution in [0.2, 0.25) is 0 Å². The maximum absolute atomic E-state index is 13.4. The predicted molar refractivity (Wildman–Crippen MR) is 76.1 cm³/mol. The molecule has 0 amide bonds. The van der Waals surface area contributed by atoms with E-state index in [9.17, 15) is 17.8 Å². The van der Waals surface area contributed by atoms with Crippen LogP contribution in [0.3, 0.4) is 0 Å². The number of hydrogen-bond acceptors (Lipinski definition) is 2. The Labute approximate surface area is 125 Å². The number of ketones is 1. The summed E-state index contributed by atoms with van der Waals surface area (Å²) in [5.41, 5.74) is -0.641. The third kappa shape index (κ3) is 3.37. The van der Waals surface area contributed by atoms with Gasteiger partial charge in [0.15, 0.2) is 5.78 Å². The monoisotopic (exact) mass is 358 g/mol. The largest absolute Gasteiger partial charge is 0.293 e. The fraction of sp³-hybridized carbons (Fsp3) is 0.0714. The van der Waals surface area contributed by atoms with Crippen LogP contribution in [0.1, 0.15) is 10.4 Å². The molecule has 6 heteroatoms. The molecule has 0 aliphatic carbocycles. The van der Waals surface area contributed by atoms with Crippen molar-refractivity contribution in [2.45, 2.75) is 4.90 Å². The second kappa shape index (κ2) is 6.37. The zero-order valence-corrected chi connectivity index (χ0v) is 12.5. The lowest BCUT2D eigenvalue weighted by Gasteiger charge is -2.05. The van der Waals surface area contributed by atoms with E-state index in [0.717, 1.165) is 16.6 Å². The predicted octanol–water partition coefficient (Wildman–Crippen LogP) is 3.72. The number of carbonyl (C=O) groups excluding carboxylic acids is 1. The molecule has 0 aliphatic heterocycles. The lowest BCUT2D eigenvalue weighted by molar-refractivity contribution is 0.101. The van der Waals surface area contributed by atoms with Gasteiger partial charge in [-0.05, 0) is 36.4 Å². The highest BCUT2D eigenvalue weighted by atomic mass is 79.9. The third-order valence-corrected chi connectivity index (χ3v) is 4.43. The Hall–Kier alpha value is -1.40. The van der Waals surface area contributed by atoms with Crippen molar-refractivity contribution in [2.75, 3.05) is 5.75 Å². The van der Waals surface area contributed by atoms with Crippen LogP contribution in [0.25, 0.3) is 0 Å². The van der Waals surface area contributed by atoms with Gasteiger partial charge in [-0.25, -0.2) is 8.78 Å². The molecule has 2 rings (SSSR count). The van der Waals surface area contributed by atoms with Crippen LogP contribution >= 0.6 is 15.9 Å². The highest BCUT2D eigenvalue weighted by Gasteiger charge is 2.19. The molecule has 2 aromatic carbocycles. The van der Waals surface area contributed by atoms with Crippen molar-refractivity contribution in [1.82, 2.24) is 0 Å². The van der Waals surface area contributed by atoms with E-state index in [1.165, 1.54) is 6.07 Å². The van der Waals surface area contributed by atoms with Gasteiger partial charge in [-0.3, -0.25) is 9.00 Å². The number of hydrogen-bond donors (Lipinski definition) is 0. The van der Waals surface area contributed by atoms with Crippen LogP contribution in [0.5, 0.6) is 0 Å². The van der Waals surface area contributed by atoms with E-state index in [1.807, 2.05) is 0 Å². The zero-order valence-electron chi connectivity index (χ0n) is 10.1. The van der Waals surface area contributed by atoms with E-state index >= 15 is 0 Å². The van der Waals surface area contributed by atoms with Crippen molar-refractivity contribution in [1.29, 1.82) is 0 Å². The summed E-state index contributed by atoms with van der Waals surface area (Å²) in [5.74, 6) is -3.16. The smallest absolute Gasteiger partial charge is 0.181 e. The maximum Gasteiger partial charge on any atom is 0.181 e. The molecule has 0 aromatic heterocycles. The standard InChI is InChI=1S/C14H9BrF2O2S/c15-9-4-6-10(7-5-9)20(19)8-13(18)14-11(16)2-1-3-12(14)17/h1-7H,8H2. The molecule has 0 fully saturated rings. The van der Waals surface area contributed by atoms with Gasteiger partial charge in [0, 0.05) is 9.37 Å². The van der Waals surface area contributed by atoms with Crippen LogP contribution < -0.4 is 0 Å². The Bertz CT molecular complexity index is 651. The van der Waals surface area contributed by atoms with Crippen molar-refractivity contribution < 1.29 is 17.8 Å². The van der Waals surface area contributed by atoms with Crippen molar-refractivity contribution in [3.05, 3.63) is 64.1 Å². The van der Waals surface area contributed by atoms with Crippen LogP contribution in [0, 0.1) is 11.6 Å². The highest BCUT2D eigenvalue weighted by molar-refractivity contribution is 9.10. The molecule has 2 nitrogen and oxygen atoms in total. The Kier molecular flexibility index (Phi) is 4.77. The topological polar surface area (TPSA) is 34.1 Å². The van der Waals surface area contributed by atoms with Crippen LogP contribution in [0.15, 0.2) is 51.8 Å². The molecule has 0 saturated heterocycles. The summed E-state index contributed by atoms with van der Waals surface area (Å²) in [4.78, 5) is 12.3. The summed E-state index contributed by atoms with van der Waals surface area (Å²) in [6.45, 7) is 0. The summed E-state index contributed by atoms with van der Waals surface area (Å²) < 4.78 is 39.7. The number of carbonyl (C=O) groups is 1. The molecule has 0 radical (unpaired) electrons. The fourth-order valence-corrected chi connectivity index (χ4v) is 2.88. The van der Waals surface area contributed by atoms with Crippen LogP contribution in [-0.2, 0) is 10.8 Å². The third-order valence-electron chi connectivity index (χ3n) is 2.58. The van der Waals surface area contributed by atoms with Gasteiger partial charge in [-0.15, -0.1) is 0 Å². The molecular formula is C14H9BrF2O2S. The number of benzene rings is 2. The first-order valence-corrected chi connectivity index (χ1v) is 7.71. The summed E-state index contributed by atoms with van der Waals surface area (Å²) >= 11 is 3.24. The second-order valence-corrected chi connectivity index (χ2v) is 6.33. The molecular weight excluding hydrogens is 350 g/mol. The fourth-order valence-electron chi connectivity index (χ4n) is 1.63. The summed E-state index contributed by atoms with van der Waals surface area (Å²) in [6, 6.07) is 9.71. The summed E-state index contributed by atoms with van der Waals surface area (Å²) in [5, 5.41) is 0. The summed E-state index contributed by atoms with van der Waals surface area (Å²) in [6.07, 6.45) is 0. The van der Waals surface area contributed by atoms with Gasteiger partial charge >= 0.3 is 0 Å². The van der Waals surface area contributed by atoms with E-state index in [0.29, 0.717) is 4.90 Å². The molecule has 20 heavy (non-hydrogen) atoms. The maximum atomic E-state index is 13.4. The SMILES string of the molecule is O=C(CS(=O)c1ccc(Br)cc1)c1c(F)cccc1F. The quantitative estimate of drug-likeness (QED) is 0.780. The zero-order chi connectivity index (χ0) is 14.7. The van der Waals surface area contributed by atoms with Gasteiger partial charge in [0.2, 0.25) is 0 Å². The van der Waals surface area contributed by atoms with E-state index in [1.54, 1.807) is 24.3 Å². The van der Waals surface area contributed by atoms with Crippen molar-refractivity contribution in [3.8, 4) is 0 Å². The Morgan fingerprint density at radius 3 is 2.15 bits per heavy atom. The first-order valence-electron chi connectivity index (χ1n) is 5.60. The molecule has 2 aromatic rings. The summed E-state index contributed by atoms with van der Waals surface area (Å²) in [7, 11) is -1.64. The average Bonchev–Trinajstić information content (AvgIpc) is 2.39. The Morgan fingerprint density at radius 1 is 1.05 bits per heavy atom. The van der Waals surface area contributed by atoms with Crippen molar-refractivity contribution >= 4 is 32.5 Å². The highest BCUT2D eigenvalue weighted by Crippen LogP contribution is 2.17. The normalized spacial score (nSPS) is 12.2. The number of rotatable bonds is 4. The molecule has 0 heterocycles. The second-order valence-electron chi connectivity index (χ2n) is 3.96. The average molecular weight is 359 g/mol. The lowest BCUT2D eigenvalue weighted by Crippen LogP contribution is -2.14. The van der Waals surface area contributed by atoms with Gasteiger partial charge in [0.1, 0.15) is 11.6 Å². The van der Waals surface area contributed by atoms with Crippen LogP contribution in [0.4, 0.5) is 8.78 Å². The Morgan fingerprint density at radius 2 is 1.60 bits per heavy atom. The number of halogens is 3. The van der Waals surface area contributed by atoms with Gasteiger partial charge < -0.3 is 0 Å². The van der Waals surface area contributed by atoms with E-state index in [4.69, 9.17) is 0 Å². The molecule has 0 aliphatic rings. The minimum atomic E-state index is -1.64. The van der Waals surface area contributed by atoms with Crippen molar-refractivity contribution in [2.24, 2.45) is 0 Å². The van der Waals surface area contributed by atoms with E-state index in [-0.39, 0.29) is 0 Å².